The first-order valence-corrected chi connectivity index (χ1v) is 13.0. The Kier molecular flexibility index (Phi) is 11.0. The molecular weight excluding hydrogens is 504 g/mol. The predicted molar refractivity (Wildman–Crippen MR) is 137 cm³/mol. The lowest BCUT2D eigenvalue weighted by molar-refractivity contribution is -0.169. The van der Waals surface area contributed by atoms with E-state index in [1.165, 1.54) is 4.90 Å². The van der Waals surface area contributed by atoms with E-state index in [1.54, 1.807) is 46.4 Å². The summed E-state index contributed by atoms with van der Waals surface area (Å²) in [5.74, 6) is -2.02. The molecule has 2 amide bonds. The number of rotatable bonds is 8. The summed E-state index contributed by atoms with van der Waals surface area (Å²) in [5.41, 5.74) is -1.48. The average molecular weight is 545 g/mol. The minimum atomic E-state index is -1.36. The highest BCUT2D eigenvalue weighted by Gasteiger charge is 2.41. The number of morpholine rings is 2. The first-order chi connectivity index (χ1) is 17.1. The molecule has 2 heterocycles. The lowest BCUT2D eigenvalue weighted by atomic mass is 9.96. The van der Waals surface area contributed by atoms with Crippen LogP contribution in [0.4, 0.5) is 0 Å². The summed E-state index contributed by atoms with van der Waals surface area (Å²) in [7, 11) is 0. The molecule has 0 aliphatic carbocycles. The first kappa shape index (κ1) is 31.1. The SMILES string of the molecule is C=C(C[C@@H](OC(=O)C(C)(C)C)C(=O)N1CCOCC1)[C@H](Cl)[C@@H](OC(=O)C(C)(C)C)C(=O)N1CCOCC1. The zero-order valence-electron chi connectivity index (χ0n) is 22.8. The van der Waals surface area contributed by atoms with Crippen molar-refractivity contribution in [1.82, 2.24) is 9.80 Å². The van der Waals surface area contributed by atoms with Gasteiger partial charge in [0.2, 0.25) is 0 Å². The smallest absolute Gasteiger partial charge is 0.312 e. The highest BCUT2D eigenvalue weighted by molar-refractivity contribution is 6.24. The van der Waals surface area contributed by atoms with Crippen LogP contribution in [-0.4, -0.2) is 104 Å². The standard InChI is InChI=1S/C26H41ClN2O8/c1-17(16-18(36-23(32)25(2,3)4)21(30)28-8-12-34-13-9-28)19(27)20(37-24(33)26(5,6)7)22(31)29-10-14-35-15-11-29/h18-20H,1,8-16H2,2-7H3/t18-,19+,20-/m1/s1. The van der Waals surface area contributed by atoms with Crippen molar-refractivity contribution >= 4 is 35.4 Å². The fraction of sp³-hybridized carbons (Fsp3) is 0.769. The Hall–Kier alpha value is -2.17. The van der Waals surface area contributed by atoms with E-state index >= 15 is 0 Å². The Morgan fingerprint density at radius 3 is 1.62 bits per heavy atom. The molecule has 2 saturated heterocycles. The van der Waals surface area contributed by atoms with Gasteiger partial charge in [0.1, 0.15) is 5.38 Å². The number of nitrogens with zero attached hydrogens (tertiary/aromatic N) is 2. The van der Waals surface area contributed by atoms with Crippen molar-refractivity contribution in [2.45, 2.75) is 65.5 Å². The largest absolute Gasteiger partial charge is 0.451 e. The molecule has 0 N–H and O–H groups in total. The van der Waals surface area contributed by atoms with Crippen LogP contribution in [0.3, 0.4) is 0 Å². The van der Waals surface area contributed by atoms with Gasteiger partial charge in [-0.15, -0.1) is 11.6 Å². The summed E-state index contributed by atoms with van der Waals surface area (Å²) in [6.07, 6.45) is -2.70. The molecule has 0 radical (unpaired) electrons. The molecule has 0 unspecified atom stereocenters. The maximum Gasteiger partial charge on any atom is 0.312 e. The number of hydrogen-bond donors (Lipinski definition) is 0. The van der Waals surface area contributed by atoms with E-state index in [4.69, 9.17) is 30.5 Å². The highest BCUT2D eigenvalue weighted by Crippen LogP contribution is 2.28. The van der Waals surface area contributed by atoms with E-state index in [2.05, 4.69) is 6.58 Å². The minimum Gasteiger partial charge on any atom is -0.451 e. The third-order valence-corrected chi connectivity index (χ3v) is 6.51. The van der Waals surface area contributed by atoms with Gasteiger partial charge in [-0.25, -0.2) is 0 Å². The predicted octanol–water partition coefficient (Wildman–Crippen LogP) is 2.17. The van der Waals surface area contributed by atoms with Crippen LogP contribution in [0.25, 0.3) is 0 Å². The van der Waals surface area contributed by atoms with Crippen LogP contribution in [0, 0.1) is 10.8 Å². The van der Waals surface area contributed by atoms with E-state index in [9.17, 15) is 19.2 Å². The Balaban J connectivity index is 2.27. The van der Waals surface area contributed by atoms with Gasteiger partial charge in [0, 0.05) is 32.6 Å². The molecule has 2 rings (SSSR count). The molecule has 11 heteroatoms. The molecular formula is C26H41ClN2O8. The normalized spacial score (nSPS) is 19.4. The molecule has 210 valence electrons. The van der Waals surface area contributed by atoms with Crippen LogP contribution in [0.1, 0.15) is 48.0 Å². The fourth-order valence-corrected chi connectivity index (χ4v) is 3.78. The van der Waals surface area contributed by atoms with Crippen molar-refractivity contribution in [3.8, 4) is 0 Å². The number of halogens is 1. The van der Waals surface area contributed by atoms with Gasteiger partial charge in [-0.05, 0) is 41.5 Å². The molecule has 0 aromatic heterocycles. The van der Waals surface area contributed by atoms with Crippen LogP contribution in [-0.2, 0) is 38.1 Å². The van der Waals surface area contributed by atoms with Crippen LogP contribution < -0.4 is 0 Å². The Morgan fingerprint density at radius 2 is 1.19 bits per heavy atom. The van der Waals surface area contributed by atoms with Crippen molar-refractivity contribution in [1.29, 1.82) is 0 Å². The van der Waals surface area contributed by atoms with Gasteiger partial charge in [-0.1, -0.05) is 12.2 Å². The van der Waals surface area contributed by atoms with Crippen LogP contribution in [0.15, 0.2) is 12.2 Å². The Morgan fingerprint density at radius 1 is 0.784 bits per heavy atom. The molecule has 37 heavy (non-hydrogen) atoms. The molecule has 3 atom stereocenters. The lowest BCUT2D eigenvalue weighted by Crippen LogP contribution is -2.51. The van der Waals surface area contributed by atoms with Gasteiger partial charge >= 0.3 is 11.9 Å². The summed E-state index contributed by atoms with van der Waals surface area (Å²) in [5, 5.41) is -1.16. The average Bonchev–Trinajstić information content (AvgIpc) is 2.85. The van der Waals surface area contributed by atoms with E-state index in [0.29, 0.717) is 52.6 Å². The maximum atomic E-state index is 13.4. The summed E-state index contributed by atoms with van der Waals surface area (Å²) in [6.45, 7) is 17.0. The van der Waals surface area contributed by atoms with Gasteiger partial charge in [0.25, 0.3) is 11.8 Å². The third kappa shape index (κ3) is 8.97. The minimum absolute atomic E-state index is 0.133. The van der Waals surface area contributed by atoms with Gasteiger partial charge in [-0.2, -0.15) is 0 Å². The second kappa shape index (κ2) is 13.1. The van der Waals surface area contributed by atoms with E-state index in [-0.39, 0.29) is 12.0 Å². The molecule has 0 aromatic carbocycles. The summed E-state index contributed by atoms with van der Waals surface area (Å²) >= 11 is 6.73. The highest BCUT2D eigenvalue weighted by atomic mass is 35.5. The number of ether oxygens (including phenoxy) is 4. The summed E-state index contributed by atoms with van der Waals surface area (Å²) in [4.78, 5) is 55.2. The van der Waals surface area contributed by atoms with Crippen molar-refractivity contribution < 1.29 is 38.1 Å². The Labute approximate surface area is 224 Å². The van der Waals surface area contributed by atoms with Crippen molar-refractivity contribution in [3.63, 3.8) is 0 Å². The number of esters is 2. The number of hydrogen-bond acceptors (Lipinski definition) is 8. The Bertz CT molecular complexity index is 852. The molecule has 2 aliphatic rings. The van der Waals surface area contributed by atoms with Crippen LogP contribution >= 0.6 is 11.6 Å². The van der Waals surface area contributed by atoms with Gasteiger partial charge in [0.15, 0.2) is 12.2 Å². The van der Waals surface area contributed by atoms with Crippen molar-refractivity contribution in [2.75, 3.05) is 52.6 Å². The second-order valence-electron chi connectivity index (χ2n) is 11.4. The van der Waals surface area contributed by atoms with Gasteiger partial charge in [0.05, 0.1) is 37.3 Å². The zero-order chi connectivity index (χ0) is 28.0. The van der Waals surface area contributed by atoms with E-state index in [1.807, 2.05) is 0 Å². The summed E-state index contributed by atoms with van der Waals surface area (Å²) < 4.78 is 21.9. The molecule has 0 aromatic rings. The van der Waals surface area contributed by atoms with Crippen molar-refractivity contribution in [3.05, 3.63) is 12.2 Å². The number of carbonyl (C=O) groups is 4. The fourth-order valence-electron chi connectivity index (χ4n) is 3.53. The molecule has 10 nitrogen and oxygen atoms in total. The van der Waals surface area contributed by atoms with E-state index < -0.39 is 52.2 Å². The zero-order valence-corrected chi connectivity index (χ0v) is 23.6. The monoisotopic (exact) mass is 544 g/mol. The molecule has 0 bridgehead atoms. The van der Waals surface area contributed by atoms with Gasteiger partial charge < -0.3 is 28.7 Å². The topological polar surface area (TPSA) is 112 Å². The molecule has 0 spiro atoms. The second-order valence-corrected chi connectivity index (χ2v) is 11.8. The number of amides is 2. The summed E-state index contributed by atoms with van der Waals surface area (Å²) in [6, 6.07) is 0. The number of carbonyl (C=O) groups excluding carboxylic acids is 4. The van der Waals surface area contributed by atoms with Crippen LogP contribution in [0.5, 0.6) is 0 Å². The van der Waals surface area contributed by atoms with Crippen molar-refractivity contribution in [2.24, 2.45) is 10.8 Å². The maximum absolute atomic E-state index is 13.4. The lowest BCUT2D eigenvalue weighted by Gasteiger charge is -2.34. The number of alkyl halides is 1. The quantitative estimate of drug-likeness (QED) is 0.260. The third-order valence-electron chi connectivity index (χ3n) is 5.98. The molecule has 0 saturated carbocycles. The van der Waals surface area contributed by atoms with Crippen LogP contribution in [0.2, 0.25) is 0 Å². The van der Waals surface area contributed by atoms with Gasteiger partial charge in [-0.3, -0.25) is 19.2 Å². The molecule has 2 aliphatic heterocycles. The first-order valence-electron chi connectivity index (χ1n) is 12.6. The molecule has 2 fully saturated rings. The van der Waals surface area contributed by atoms with E-state index in [0.717, 1.165) is 0 Å².